The van der Waals surface area contributed by atoms with Gasteiger partial charge in [-0.2, -0.15) is 4.98 Å². The van der Waals surface area contributed by atoms with Crippen molar-refractivity contribution in [2.45, 2.75) is 19.5 Å². The Morgan fingerprint density at radius 2 is 2.37 bits per heavy atom. The highest BCUT2D eigenvalue weighted by Crippen LogP contribution is 2.24. The molecule has 19 heavy (non-hydrogen) atoms. The predicted octanol–water partition coefficient (Wildman–Crippen LogP) is 1.35. The molecule has 1 aliphatic rings. The van der Waals surface area contributed by atoms with E-state index in [0.29, 0.717) is 18.3 Å². The molecule has 0 aromatic carbocycles. The molecule has 2 aromatic rings. The first-order valence-corrected chi connectivity index (χ1v) is 6.35. The van der Waals surface area contributed by atoms with Crippen LogP contribution in [0.2, 0.25) is 0 Å². The molecule has 3 rings (SSSR count). The average molecular weight is 260 g/mol. The van der Waals surface area contributed by atoms with Gasteiger partial charge < -0.3 is 9.26 Å². The molecule has 0 bridgehead atoms. The predicted molar refractivity (Wildman–Crippen MR) is 67.2 cm³/mol. The van der Waals surface area contributed by atoms with E-state index in [-0.39, 0.29) is 6.04 Å². The number of hydrogen-bond donors (Lipinski definition) is 0. The zero-order valence-corrected chi connectivity index (χ0v) is 10.8. The maximum atomic E-state index is 5.52. The molecule has 100 valence electrons. The third-order valence-electron chi connectivity index (χ3n) is 3.16. The molecule has 0 saturated carbocycles. The smallest absolute Gasteiger partial charge is 0.246 e. The number of morpholine rings is 1. The zero-order chi connectivity index (χ0) is 13.1. The summed E-state index contributed by atoms with van der Waals surface area (Å²) in [6, 6.07) is 5.94. The summed E-state index contributed by atoms with van der Waals surface area (Å²) in [5.41, 5.74) is 1.03. The standard InChI is InChI=1S/C13H16N4O2/c1-10-15-13(19-16-10)12-9-18-7-6-17(12)8-11-4-2-3-5-14-11/h2-5,12H,6-9H2,1H3. The summed E-state index contributed by atoms with van der Waals surface area (Å²) in [7, 11) is 0. The number of rotatable bonds is 3. The molecule has 1 aliphatic heterocycles. The summed E-state index contributed by atoms with van der Waals surface area (Å²) in [5, 5.41) is 3.85. The van der Waals surface area contributed by atoms with Gasteiger partial charge in [-0.05, 0) is 19.1 Å². The van der Waals surface area contributed by atoms with Crippen LogP contribution in [0.25, 0.3) is 0 Å². The summed E-state index contributed by atoms with van der Waals surface area (Å²) in [5.74, 6) is 1.27. The van der Waals surface area contributed by atoms with Gasteiger partial charge in [0.25, 0.3) is 0 Å². The fourth-order valence-electron chi connectivity index (χ4n) is 2.20. The Labute approximate surface area is 111 Å². The van der Waals surface area contributed by atoms with Crippen molar-refractivity contribution < 1.29 is 9.26 Å². The highest BCUT2D eigenvalue weighted by atomic mass is 16.5. The van der Waals surface area contributed by atoms with Crippen molar-refractivity contribution in [2.75, 3.05) is 19.8 Å². The van der Waals surface area contributed by atoms with E-state index in [1.807, 2.05) is 31.3 Å². The van der Waals surface area contributed by atoms with Gasteiger partial charge in [0.2, 0.25) is 5.89 Å². The van der Waals surface area contributed by atoms with E-state index in [1.165, 1.54) is 0 Å². The van der Waals surface area contributed by atoms with Gasteiger partial charge in [0.05, 0.1) is 18.9 Å². The molecule has 0 N–H and O–H groups in total. The second kappa shape index (κ2) is 5.46. The van der Waals surface area contributed by atoms with Crippen LogP contribution >= 0.6 is 0 Å². The fraction of sp³-hybridized carbons (Fsp3) is 0.462. The lowest BCUT2D eigenvalue weighted by atomic mass is 10.2. The Balaban J connectivity index is 1.77. The first-order chi connectivity index (χ1) is 9.33. The van der Waals surface area contributed by atoms with Gasteiger partial charge in [0.1, 0.15) is 6.04 Å². The quantitative estimate of drug-likeness (QED) is 0.830. The van der Waals surface area contributed by atoms with E-state index in [1.54, 1.807) is 0 Å². The number of nitrogens with zero attached hydrogens (tertiary/aromatic N) is 4. The van der Waals surface area contributed by atoms with E-state index in [9.17, 15) is 0 Å². The second-order valence-electron chi connectivity index (χ2n) is 4.56. The second-order valence-corrected chi connectivity index (χ2v) is 4.56. The Kier molecular flexibility index (Phi) is 3.52. The summed E-state index contributed by atoms with van der Waals surface area (Å²) in [6.45, 7) is 4.71. The zero-order valence-electron chi connectivity index (χ0n) is 10.8. The Hall–Kier alpha value is -1.79. The normalized spacial score (nSPS) is 20.6. The molecule has 3 heterocycles. The minimum Gasteiger partial charge on any atom is -0.378 e. The third-order valence-corrected chi connectivity index (χ3v) is 3.16. The molecule has 2 aromatic heterocycles. The lowest BCUT2D eigenvalue weighted by molar-refractivity contribution is -0.0246. The first-order valence-electron chi connectivity index (χ1n) is 6.35. The van der Waals surface area contributed by atoms with Crippen LogP contribution in [0.15, 0.2) is 28.9 Å². The number of hydrogen-bond acceptors (Lipinski definition) is 6. The van der Waals surface area contributed by atoms with Crippen LogP contribution in [0.3, 0.4) is 0 Å². The largest absolute Gasteiger partial charge is 0.378 e. The SMILES string of the molecule is Cc1noc(C2COCCN2Cc2ccccn2)n1. The average Bonchev–Trinajstić information content (AvgIpc) is 2.87. The van der Waals surface area contributed by atoms with Crippen LogP contribution in [0.5, 0.6) is 0 Å². The summed E-state index contributed by atoms with van der Waals surface area (Å²) in [4.78, 5) is 10.9. The van der Waals surface area contributed by atoms with Gasteiger partial charge in [-0.25, -0.2) is 0 Å². The van der Waals surface area contributed by atoms with Crippen molar-refractivity contribution in [1.82, 2.24) is 20.0 Å². The van der Waals surface area contributed by atoms with E-state index >= 15 is 0 Å². The molecule has 0 amide bonds. The Morgan fingerprint density at radius 1 is 1.42 bits per heavy atom. The molecular formula is C13H16N4O2. The van der Waals surface area contributed by atoms with Crippen LogP contribution in [0.1, 0.15) is 23.5 Å². The van der Waals surface area contributed by atoms with E-state index in [4.69, 9.17) is 9.26 Å². The van der Waals surface area contributed by atoms with Gasteiger partial charge >= 0.3 is 0 Å². The Bertz CT molecular complexity index is 528. The van der Waals surface area contributed by atoms with Crippen LogP contribution in [-0.2, 0) is 11.3 Å². The molecule has 6 nitrogen and oxygen atoms in total. The minimum absolute atomic E-state index is 0.0111. The van der Waals surface area contributed by atoms with Gasteiger partial charge in [0.15, 0.2) is 5.82 Å². The molecule has 0 spiro atoms. The molecule has 1 atom stereocenters. The Morgan fingerprint density at radius 3 is 3.11 bits per heavy atom. The van der Waals surface area contributed by atoms with E-state index in [0.717, 1.165) is 25.4 Å². The van der Waals surface area contributed by atoms with Crippen molar-refractivity contribution in [3.8, 4) is 0 Å². The van der Waals surface area contributed by atoms with Crippen LogP contribution in [0, 0.1) is 6.92 Å². The summed E-state index contributed by atoms with van der Waals surface area (Å²) in [6.07, 6.45) is 1.81. The van der Waals surface area contributed by atoms with Gasteiger partial charge in [-0.15, -0.1) is 0 Å². The van der Waals surface area contributed by atoms with E-state index in [2.05, 4.69) is 20.0 Å². The third kappa shape index (κ3) is 2.80. The number of ether oxygens (including phenoxy) is 1. The number of aromatic nitrogens is 3. The molecule has 1 unspecified atom stereocenters. The number of aryl methyl sites for hydroxylation is 1. The highest BCUT2D eigenvalue weighted by molar-refractivity contribution is 5.05. The van der Waals surface area contributed by atoms with Crippen molar-refractivity contribution in [3.63, 3.8) is 0 Å². The molecular weight excluding hydrogens is 244 g/mol. The molecule has 0 radical (unpaired) electrons. The summed E-state index contributed by atoms with van der Waals surface area (Å²) < 4.78 is 10.8. The van der Waals surface area contributed by atoms with Crippen molar-refractivity contribution in [2.24, 2.45) is 0 Å². The molecule has 6 heteroatoms. The van der Waals surface area contributed by atoms with Gasteiger partial charge in [-0.3, -0.25) is 9.88 Å². The first kappa shape index (κ1) is 12.3. The van der Waals surface area contributed by atoms with E-state index < -0.39 is 0 Å². The van der Waals surface area contributed by atoms with Crippen LogP contribution in [-0.4, -0.2) is 39.8 Å². The van der Waals surface area contributed by atoms with Crippen LogP contribution in [0.4, 0.5) is 0 Å². The number of pyridine rings is 1. The topological polar surface area (TPSA) is 64.3 Å². The van der Waals surface area contributed by atoms with Crippen LogP contribution < -0.4 is 0 Å². The summed E-state index contributed by atoms with van der Waals surface area (Å²) >= 11 is 0. The minimum atomic E-state index is 0.0111. The molecule has 0 aliphatic carbocycles. The van der Waals surface area contributed by atoms with Crippen molar-refractivity contribution in [1.29, 1.82) is 0 Å². The monoisotopic (exact) mass is 260 g/mol. The van der Waals surface area contributed by atoms with Gasteiger partial charge in [0, 0.05) is 19.3 Å². The lowest BCUT2D eigenvalue weighted by Crippen LogP contribution is -2.39. The molecule has 1 saturated heterocycles. The lowest BCUT2D eigenvalue weighted by Gasteiger charge is -2.32. The highest BCUT2D eigenvalue weighted by Gasteiger charge is 2.29. The fourth-order valence-corrected chi connectivity index (χ4v) is 2.20. The van der Waals surface area contributed by atoms with Crippen molar-refractivity contribution in [3.05, 3.63) is 41.8 Å². The maximum absolute atomic E-state index is 5.52. The molecule has 1 fully saturated rings. The van der Waals surface area contributed by atoms with Gasteiger partial charge in [-0.1, -0.05) is 11.2 Å². The maximum Gasteiger partial charge on any atom is 0.246 e. The van der Waals surface area contributed by atoms with Crippen molar-refractivity contribution >= 4 is 0 Å².